The maximum absolute atomic E-state index is 12.2. The Labute approximate surface area is 77.5 Å². The zero-order valence-electron chi connectivity index (χ0n) is 7.21. The second-order valence-electron chi connectivity index (χ2n) is 2.89. The molecule has 0 N–H and O–H groups in total. The highest BCUT2D eigenvalue weighted by molar-refractivity contribution is 5.26. The van der Waals surface area contributed by atoms with Crippen LogP contribution >= 0.6 is 0 Å². The fraction of sp³-hybridized carbons (Fsp3) is 0.429. The first-order valence-corrected chi connectivity index (χ1v) is 3.65. The number of nitro groups is 1. The van der Waals surface area contributed by atoms with Gasteiger partial charge in [0.15, 0.2) is 0 Å². The van der Waals surface area contributed by atoms with Gasteiger partial charge in [-0.3, -0.25) is 10.1 Å². The Balaban J connectivity index is 3.01. The summed E-state index contributed by atoms with van der Waals surface area (Å²) in [5, 5.41) is 10.3. The predicted octanol–water partition coefficient (Wildman–Crippen LogP) is 1.54. The third-order valence-electron chi connectivity index (χ3n) is 1.67. The summed E-state index contributed by atoms with van der Waals surface area (Å²) in [5.74, 6) is 0. The lowest BCUT2D eigenvalue weighted by atomic mass is 10.1. The molecular formula is C7H7F3N2O2. The summed E-state index contributed by atoms with van der Waals surface area (Å²) in [6, 6.07) is 0. The quantitative estimate of drug-likeness (QED) is 0.485. The third kappa shape index (κ3) is 2.24. The fourth-order valence-corrected chi connectivity index (χ4v) is 1.07. The molecule has 0 atom stereocenters. The lowest BCUT2D eigenvalue weighted by Gasteiger charge is -2.21. The van der Waals surface area contributed by atoms with E-state index in [1.807, 2.05) is 0 Å². The summed E-state index contributed by atoms with van der Waals surface area (Å²) >= 11 is 0. The van der Waals surface area contributed by atoms with Crippen LogP contribution in [0, 0.1) is 10.1 Å². The van der Waals surface area contributed by atoms with Crippen LogP contribution in [0.4, 0.5) is 13.2 Å². The topological polar surface area (TPSA) is 46.4 Å². The van der Waals surface area contributed by atoms with Crippen molar-refractivity contribution in [1.82, 2.24) is 4.90 Å². The summed E-state index contributed by atoms with van der Waals surface area (Å²) in [4.78, 5) is 10.6. The largest absolute Gasteiger partial charge is 0.414 e. The Bertz CT molecular complexity index is 319. The minimum atomic E-state index is -4.51. The zero-order valence-corrected chi connectivity index (χ0v) is 7.21. The molecular weight excluding hydrogens is 201 g/mol. The lowest BCUT2D eigenvalue weighted by molar-refractivity contribution is -0.420. The molecule has 1 heterocycles. The van der Waals surface area contributed by atoms with Gasteiger partial charge < -0.3 is 4.90 Å². The van der Waals surface area contributed by atoms with Crippen LogP contribution in [0.25, 0.3) is 0 Å². The van der Waals surface area contributed by atoms with Crippen LogP contribution < -0.4 is 0 Å². The smallest absolute Gasteiger partial charge is 0.371 e. The molecule has 78 valence electrons. The molecule has 0 radical (unpaired) electrons. The minimum Gasteiger partial charge on any atom is -0.371 e. The number of alkyl halides is 3. The van der Waals surface area contributed by atoms with Crippen molar-refractivity contribution in [3.05, 3.63) is 33.7 Å². The van der Waals surface area contributed by atoms with Crippen LogP contribution in [-0.4, -0.2) is 29.6 Å². The molecule has 0 saturated heterocycles. The highest BCUT2D eigenvalue weighted by Gasteiger charge is 2.37. The number of hydrogen-bond acceptors (Lipinski definition) is 3. The molecule has 7 heteroatoms. The van der Waals surface area contributed by atoms with Crippen molar-refractivity contribution in [1.29, 1.82) is 0 Å². The lowest BCUT2D eigenvalue weighted by Crippen LogP contribution is -2.28. The average Bonchev–Trinajstić information content (AvgIpc) is 2.01. The molecule has 0 fully saturated rings. The van der Waals surface area contributed by atoms with Crippen molar-refractivity contribution in [2.45, 2.75) is 6.18 Å². The van der Waals surface area contributed by atoms with Crippen molar-refractivity contribution in [3.63, 3.8) is 0 Å². The van der Waals surface area contributed by atoms with Gasteiger partial charge >= 0.3 is 6.18 Å². The van der Waals surface area contributed by atoms with E-state index in [2.05, 4.69) is 0 Å². The predicted molar refractivity (Wildman–Crippen MR) is 41.8 cm³/mol. The van der Waals surface area contributed by atoms with Gasteiger partial charge in [-0.25, -0.2) is 0 Å². The summed E-state index contributed by atoms with van der Waals surface area (Å²) in [6.45, 7) is -0.360. The summed E-state index contributed by atoms with van der Waals surface area (Å²) in [7, 11) is 1.35. The maximum atomic E-state index is 12.2. The Hall–Kier alpha value is -1.53. The van der Waals surface area contributed by atoms with Crippen molar-refractivity contribution in [2.75, 3.05) is 13.6 Å². The molecule has 1 rings (SSSR count). The van der Waals surface area contributed by atoms with E-state index in [0.717, 1.165) is 11.1 Å². The monoisotopic (exact) mass is 208 g/mol. The molecule has 0 aromatic heterocycles. The molecule has 0 spiro atoms. The molecule has 0 unspecified atom stereocenters. The molecule has 1 aliphatic heterocycles. The molecule has 0 aromatic carbocycles. The van der Waals surface area contributed by atoms with E-state index in [0.29, 0.717) is 6.08 Å². The fourth-order valence-electron chi connectivity index (χ4n) is 1.07. The van der Waals surface area contributed by atoms with Crippen molar-refractivity contribution < 1.29 is 18.1 Å². The van der Waals surface area contributed by atoms with Gasteiger partial charge in [-0.2, -0.15) is 13.2 Å². The molecule has 0 aliphatic carbocycles. The first-order chi connectivity index (χ1) is 6.30. The Kier molecular flexibility index (Phi) is 2.50. The van der Waals surface area contributed by atoms with Gasteiger partial charge in [0.25, 0.3) is 5.70 Å². The van der Waals surface area contributed by atoms with Crippen LogP contribution in [-0.2, 0) is 0 Å². The molecule has 14 heavy (non-hydrogen) atoms. The number of hydrogen-bond donors (Lipinski definition) is 0. The van der Waals surface area contributed by atoms with Gasteiger partial charge in [0.2, 0.25) is 0 Å². The van der Waals surface area contributed by atoms with Gasteiger partial charge in [0, 0.05) is 19.7 Å². The molecule has 4 nitrogen and oxygen atoms in total. The Morgan fingerprint density at radius 2 is 2.14 bits per heavy atom. The molecule has 0 saturated carbocycles. The van der Waals surface area contributed by atoms with Crippen LogP contribution in [0.15, 0.2) is 23.5 Å². The number of nitrogens with zero attached hydrogens (tertiary/aromatic N) is 2. The number of likely N-dealkylation sites (N-methyl/N-ethyl adjacent to an activating group) is 1. The van der Waals surface area contributed by atoms with Crippen LogP contribution in [0.2, 0.25) is 0 Å². The maximum Gasteiger partial charge on any atom is 0.414 e. The van der Waals surface area contributed by atoms with E-state index < -0.39 is 22.4 Å². The second kappa shape index (κ2) is 3.32. The van der Waals surface area contributed by atoms with Gasteiger partial charge in [-0.05, 0) is 0 Å². The van der Waals surface area contributed by atoms with Crippen LogP contribution in [0.5, 0.6) is 0 Å². The van der Waals surface area contributed by atoms with Gasteiger partial charge in [-0.15, -0.1) is 0 Å². The highest BCUT2D eigenvalue weighted by atomic mass is 19.4. The van der Waals surface area contributed by atoms with Gasteiger partial charge in [0.05, 0.1) is 16.7 Å². The highest BCUT2D eigenvalue weighted by Crippen LogP contribution is 2.29. The summed E-state index contributed by atoms with van der Waals surface area (Å²) in [5.41, 5.74) is -1.46. The normalized spacial score (nSPS) is 17.6. The van der Waals surface area contributed by atoms with E-state index >= 15 is 0 Å². The van der Waals surface area contributed by atoms with Crippen molar-refractivity contribution >= 4 is 0 Å². The van der Waals surface area contributed by atoms with Crippen LogP contribution in [0.1, 0.15) is 0 Å². The standard InChI is InChI=1S/C7H7F3N2O2/c1-11-3-5(7(8,9)10)2-6(4-11)12(13)14/h2,4H,3H2,1H3. The van der Waals surface area contributed by atoms with E-state index in [1.54, 1.807) is 0 Å². The molecule has 0 aromatic rings. The summed E-state index contributed by atoms with van der Waals surface area (Å²) < 4.78 is 36.6. The number of rotatable bonds is 1. The summed E-state index contributed by atoms with van der Waals surface area (Å²) in [6.07, 6.45) is -2.89. The van der Waals surface area contributed by atoms with E-state index in [1.165, 1.54) is 7.05 Å². The van der Waals surface area contributed by atoms with Crippen LogP contribution in [0.3, 0.4) is 0 Å². The first-order valence-electron chi connectivity index (χ1n) is 3.65. The Morgan fingerprint density at radius 1 is 1.57 bits per heavy atom. The minimum absolute atomic E-state index is 0.360. The Morgan fingerprint density at radius 3 is 2.57 bits per heavy atom. The molecule has 0 amide bonds. The average molecular weight is 208 g/mol. The van der Waals surface area contributed by atoms with E-state index in [-0.39, 0.29) is 6.54 Å². The SMILES string of the molecule is CN1C=C([N+](=O)[O-])C=C(C(F)(F)F)C1. The van der Waals surface area contributed by atoms with Crippen molar-refractivity contribution in [2.24, 2.45) is 0 Å². The molecule has 1 aliphatic rings. The van der Waals surface area contributed by atoms with Gasteiger partial charge in [0.1, 0.15) is 0 Å². The molecule has 0 bridgehead atoms. The second-order valence-corrected chi connectivity index (χ2v) is 2.89. The number of allylic oxidation sites excluding steroid dienone is 1. The number of halogens is 3. The third-order valence-corrected chi connectivity index (χ3v) is 1.67. The zero-order chi connectivity index (χ0) is 10.9. The van der Waals surface area contributed by atoms with E-state index in [4.69, 9.17) is 0 Å². The van der Waals surface area contributed by atoms with Crippen molar-refractivity contribution in [3.8, 4) is 0 Å². The van der Waals surface area contributed by atoms with Gasteiger partial charge in [-0.1, -0.05) is 0 Å². The van der Waals surface area contributed by atoms with E-state index in [9.17, 15) is 23.3 Å². The first kappa shape index (κ1) is 10.6.